The van der Waals surface area contributed by atoms with Gasteiger partial charge >= 0.3 is 0 Å². The minimum Gasteiger partial charge on any atom is -0.318 e. The van der Waals surface area contributed by atoms with Crippen LogP contribution >= 0.6 is 7.80 Å². The van der Waals surface area contributed by atoms with E-state index in [0.717, 1.165) is 35.4 Å². The smallest absolute Gasteiger partial charge is 0.219 e. The zero-order valence-corrected chi connectivity index (χ0v) is 18.7. The van der Waals surface area contributed by atoms with E-state index in [1.807, 2.05) is 32.9 Å². The molecule has 1 aliphatic carbocycles. The molecule has 27 heavy (non-hydrogen) atoms. The van der Waals surface area contributed by atoms with Crippen molar-refractivity contribution < 1.29 is 9.36 Å². The summed E-state index contributed by atoms with van der Waals surface area (Å²) in [5.74, 6) is 1.00. The fourth-order valence-corrected chi connectivity index (χ4v) is 6.16. The number of aryl methyl sites for hydroxylation is 3. The van der Waals surface area contributed by atoms with Gasteiger partial charge in [-0.25, -0.2) is 0 Å². The normalized spacial score (nSPS) is 16.4. The van der Waals surface area contributed by atoms with Gasteiger partial charge in [0.2, 0.25) is 5.52 Å². The number of carbonyl (C=O) groups is 1. The van der Waals surface area contributed by atoms with Gasteiger partial charge in [-0.05, 0) is 44.2 Å². The Balaban J connectivity index is 1.58. The van der Waals surface area contributed by atoms with Gasteiger partial charge in [-0.3, -0.25) is 4.79 Å². The van der Waals surface area contributed by atoms with E-state index in [0.29, 0.717) is 11.7 Å². The fourth-order valence-electron chi connectivity index (χ4n) is 4.69. The van der Waals surface area contributed by atoms with E-state index in [1.54, 1.807) is 0 Å². The summed E-state index contributed by atoms with van der Waals surface area (Å²) in [5.41, 5.74) is 3.68. The number of rotatable bonds is 11. The van der Waals surface area contributed by atoms with E-state index < -0.39 is 7.80 Å². The van der Waals surface area contributed by atoms with Gasteiger partial charge < -0.3 is 4.57 Å². The summed E-state index contributed by atoms with van der Waals surface area (Å²) < 4.78 is 12.5. The van der Waals surface area contributed by atoms with Crippen LogP contribution in [0.1, 0.15) is 104 Å². The zero-order valence-electron chi connectivity index (χ0n) is 17.7. The van der Waals surface area contributed by atoms with Crippen LogP contribution in [0, 0.1) is 26.7 Å². The maximum Gasteiger partial charge on any atom is 0.219 e. The van der Waals surface area contributed by atoms with Crippen molar-refractivity contribution in [2.45, 2.75) is 97.8 Å². The second kappa shape index (κ2) is 11.8. The van der Waals surface area contributed by atoms with Crippen molar-refractivity contribution in [2.75, 3.05) is 6.16 Å². The Kier molecular flexibility index (Phi) is 9.83. The minimum absolute atomic E-state index is 0.109. The molecule has 152 valence electrons. The highest BCUT2D eigenvalue weighted by Crippen LogP contribution is 2.32. The van der Waals surface area contributed by atoms with E-state index in [-0.39, 0.29) is 5.52 Å². The van der Waals surface area contributed by atoms with Crippen LogP contribution in [0.4, 0.5) is 0 Å². The predicted molar refractivity (Wildman–Crippen MR) is 118 cm³/mol. The molecule has 2 nitrogen and oxygen atoms in total. The van der Waals surface area contributed by atoms with Crippen molar-refractivity contribution in [1.82, 2.24) is 0 Å². The van der Waals surface area contributed by atoms with Crippen molar-refractivity contribution >= 4 is 13.3 Å². The molecule has 1 aliphatic rings. The van der Waals surface area contributed by atoms with E-state index >= 15 is 0 Å². The molecule has 0 amide bonds. The molecule has 0 saturated heterocycles. The van der Waals surface area contributed by atoms with E-state index in [9.17, 15) is 9.36 Å². The van der Waals surface area contributed by atoms with Gasteiger partial charge in [0, 0.05) is 11.7 Å². The molecule has 1 aromatic carbocycles. The van der Waals surface area contributed by atoms with Crippen LogP contribution in [0.3, 0.4) is 0 Å². The van der Waals surface area contributed by atoms with E-state index in [4.69, 9.17) is 0 Å². The van der Waals surface area contributed by atoms with Crippen LogP contribution in [-0.2, 0) is 4.57 Å². The molecule has 0 aliphatic heterocycles. The summed E-state index contributed by atoms with van der Waals surface area (Å²) in [6.07, 6.45) is 16.5. The summed E-state index contributed by atoms with van der Waals surface area (Å²) in [6, 6.07) is 4.03. The molecule has 0 bridgehead atoms. The molecule has 0 heterocycles. The van der Waals surface area contributed by atoms with Crippen molar-refractivity contribution in [3.05, 3.63) is 34.4 Å². The molecular formula is C24H39O2P. The second-order valence-corrected chi connectivity index (χ2v) is 10.5. The number of hydrogen-bond acceptors (Lipinski definition) is 2. The SMILES string of the molecule is Cc1cc(C)c(C(=O)[PH](=O)CCCCCCCCC2CCCCC2)c(C)c1. The third-order valence-corrected chi connectivity index (χ3v) is 7.71. The summed E-state index contributed by atoms with van der Waals surface area (Å²) >= 11 is 0. The summed E-state index contributed by atoms with van der Waals surface area (Å²) in [6.45, 7) is 5.94. The number of carbonyl (C=O) groups excluding carboxylic acids is 1. The Labute approximate surface area is 167 Å². The largest absolute Gasteiger partial charge is 0.318 e. The lowest BCUT2D eigenvalue weighted by atomic mass is 9.85. The Morgan fingerprint density at radius 2 is 1.44 bits per heavy atom. The molecule has 0 aromatic heterocycles. The molecular weight excluding hydrogens is 351 g/mol. The molecule has 0 N–H and O–H groups in total. The van der Waals surface area contributed by atoms with Gasteiger partial charge in [0.1, 0.15) is 7.80 Å². The lowest BCUT2D eigenvalue weighted by Gasteiger charge is -2.21. The van der Waals surface area contributed by atoms with Gasteiger partial charge in [-0.2, -0.15) is 0 Å². The van der Waals surface area contributed by atoms with E-state index in [1.165, 1.54) is 64.2 Å². The van der Waals surface area contributed by atoms with Crippen molar-refractivity contribution in [2.24, 2.45) is 5.92 Å². The lowest BCUT2D eigenvalue weighted by molar-refractivity contribution is 0.107. The molecule has 0 radical (unpaired) electrons. The molecule has 1 unspecified atom stereocenters. The zero-order chi connectivity index (χ0) is 19.6. The van der Waals surface area contributed by atoms with Crippen molar-refractivity contribution in [3.63, 3.8) is 0 Å². The number of hydrogen-bond donors (Lipinski definition) is 0. The molecule has 1 aromatic rings. The maximum atomic E-state index is 12.6. The van der Waals surface area contributed by atoms with Gasteiger partial charge in [0.15, 0.2) is 0 Å². The van der Waals surface area contributed by atoms with Gasteiger partial charge in [0.05, 0.1) is 0 Å². The summed E-state index contributed by atoms with van der Waals surface area (Å²) in [4.78, 5) is 12.6. The highest BCUT2D eigenvalue weighted by Gasteiger charge is 2.18. The molecule has 2 rings (SSSR count). The molecule has 1 atom stereocenters. The quantitative estimate of drug-likeness (QED) is 0.287. The Morgan fingerprint density at radius 3 is 2.07 bits per heavy atom. The third kappa shape index (κ3) is 7.57. The average molecular weight is 391 g/mol. The summed E-state index contributed by atoms with van der Waals surface area (Å²) in [5, 5.41) is 0. The standard InChI is InChI=1S/C24H39O2P/c1-19-17-20(2)23(21(3)18-19)24(25)27(26)16-12-7-5-4-6-9-13-22-14-10-8-11-15-22/h17-18,22,27H,4-16H2,1-3H3. The van der Waals surface area contributed by atoms with Crippen LogP contribution in [0.2, 0.25) is 0 Å². The first kappa shape index (κ1) is 22.4. The van der Waals surface area contributed by atoms with Crippen LogP contribution in [0.5, 0.6) is 0 Å². The lowest BCUT2D eigenvalue weighted by Crippen LogP contribution is -2.05. The monoisotopic (exact) mass is 390 g/mol. The predicted octanol–water partition coefficient (Wildman–Crippen LogP) is 7.62. The average Bonchev–Trinajstić information content (AvgIpc) is 2.63. The second-order valence-electron chi connectivity index (χ2n) is 8.69. The first-order valence-corrected chi connectivity index (χ1v) is 12.8. The maximum absolute atomic E-state index is 12.6. The Hall–Kier alpha value is -0.880. The summed E-state index contributed by atoms with van der Waals surface area (Å²) in [7, 11) is -2.18. The van der Waals surface area contributed by atoms with E-state index in [2.05, 4.69) is 0 Å². The third-order valence-electron chi connectivity index (χ3n) is 6.15. The van der Waals surface area contributed by atoms with Crippen molar-refractivity contribution in [3.8, 4) is 0 Å². The first-order valence-electron chi connectivity index (χ1n) is 11.1. The topological polar surface area (TPSA) is 34.1 Å². The van der Waals surface area contributed by atoms with Crippen molar-refractivity contribution in [1.29, 1.82) is 0 Å². The molecule has 0 spiro atoms. The number of unbranched alkanes of at least 4 members (excludes halogenated alkanes) is 5. The van der Waals surface area contributed by atoms with Gasteiger partial charge in [-0.1, -0.05) is 88.3 Å². The highest BCUT2D eigenvalue weighted by molar-refractivity contribution is 7.64. The molecule has 1 saturated carbocycles. The molecule has 1 fully saturated rings. The minimum atomic E-state index is -2.18. The van der Waals surface area contributed by atoms with Crippen LogP contribution in [0.15, 0.2) is 12.1 Å². The number of benzene rings is 1. The Morgan fingerprint density at radius 1 is 0.889 bits per heavy atom. The van der Waals surface area contributed by atoms with Gasteiger partial charge in [-0.15, -0.1) is 0 Å². The Bertz CT molecular complexity index is 606. The molecule has 3 heteroatoms. The fraction of sp³-hybridized carbons (Fsp3) is 0.708. The van der Waals surface area contributed by atoms with Crippen LogP contribution in [0.25, 0.3) is 0 Å². The van der Waals surface area contributed by atoms with Gasteiger partial charge in [0.25, 0.3) is 0 Å². The van der Waals surface area contributed by atoms with Crippen LogP contribution < -0.4 is 0 Å². The highest BCUT2D eigenvalue weighted by atomic mass is 31.1. The van der Waals surface area contributed by atoms with Crippen LogP contribution in [-0.4, -0.2) is 11.7 Å². The first-order chi connectivity index (χ1) is 13.0.